The lowest BCUT2D eigenvalue weighted by Crippen LogP contribution is -2.30. The first kappa shape index (κ1) is 37.5. The fourth-order valence-corrected chi connectivity index (χ4v) is 7.66. The number of nitrogens with one attached hydrogen (secondary N) is 3. The average Bonchev–Trinajstić information content (AvgIpc) is 3.61. The summed E-state index contributed by atoms with van der Waals surface area (Å²) in [7, 11) is 0. The van der Waals surface area contributed by atoms with Gasteiger partial charge in [-0.15, -0.1) is 23.1 Å². The molecule has 0 aliphatic heterocycles. The summed E-state index contributed by atoms with van der Waals surface area (Å²) in [5.41, 5.74) is 5.27. The molecule has 5 aromatic carbocycles. The van der Waals surface area contributed by atoms with E-state index in [9.17, 15) is 19.2 Å². The number of aryl methyl sites for hydroxylation is 1. The third kappa shape index (κ3) is 9.60. The molecular weight excluding hydrogens is 715 g/mol. The summed E-state index contributed by atoms with van der Waals surface area (Å²) in [5.74, 6) is -1.78. The normalized spacial score (nSPS) is 11.6. The minimum Gasteiger partial charge on any atom is -0.462 e. The summed E-state index contributed by atoms with van der Waals surface area (Å²) in [5, 5.41) is 10.2. The highest BCUT2D eigenvalue weighted by Gasteiger charge is 2.27. The molecule has 0 bridgehead atoms. The van der Waals surface area contributed by atoms with E-state index in [1.54, 1.807) is 55.5 Å². The largest absolute Gasteiger partial charge is 0.462 e. The van der Waals surface area contributed by atoms with Crippen molar-refractivity contribution in [2.45, 2.75) is 24.0 Å². The van der Waals surface area contributed by atoms with Crippen molar-refractivity contribution in [1.29, 1.82) is 0 Å². The van der Waals surface area contributed by atoms with Crippen LogP contribution in [-0.4, -0.2) is 30.3 Å². The highest BCUT2D eigenvalue weighted by atomic mass is 32.2. The Balaban J connectivity index is 1.26. The fraction of sp³-hybridized carbons (Fsp3) is 0.0909. The number of amides is 3. The molecule has 8 nitrogen and oxygen atoms in total. The number of carbonyl (C=O) groups is 4. The van der Waals surface area contributed by atoms with E-state index in [0.717, 1.165) is 22.3 Å². The van der Waals surface area contributed by atoms with Crippen molar-refractivity contribution in [2.75, 3.05) is 17.2 Å². The number of carbonyl (C=O) groups excluding carboxylic acids is 4. The number of benzene rings is 5. The van der Waals surface area contributed by atoms with Gasteiger partial charge in [-0.05, 0) is 66.9 Å². The van der Waals surface area contributed by atoms with Crippen LogP contribution in [0.3, 0.4) is 0 Å². The van der Waals surface area contributed by atoms with E-state index >= 15 is 0 Å². The van der Waals surface area contributed by atoms with Gasteiger partial charge in [0, 0.05) is 27.1 Å². The lowest BCUT2D eigenvalue weighted by atomic mass is 10.0. The second-order valence-corrected chi connectivity index (χ2v) is 14.2. The standard InChI is InChI=1S/C44H37N3O5S2/c1-3-52-44(51)38-36(31-17-7-4-8-18-31)28-53-43(38)47-42(50)39(32-19-9-5-10-20-32)54-35-24-14-23-34(27-35)45-41(49)37(26-30-16-13-15-29(2)25-30)46-40(48)33-21-11-6-12-22-33/h4-28,39H,3H2,1-2H3,(H,45,49)(H,46,48)(H,47,50)/b37-26+. The molecule has 54 heavy (non-hydrogen) atoms. The first-order valence-electron chi connectivity index (χ1n) is 17.2. The van der Waals surface area contributed by atoms with Gasteiger partial charge in [-0.3, -0.25) is 14.4 Å². The quantitative estimate of drug-likeness (QED) is 0.0615. The molecule has 0 radical (unpaired) electrons. The van der Waals surface area contributed by atoms with Crippen LogP contribution in [0.15, 0.2) is 155 Å². The highest BCUT2D eigenvalue weighted by molar-refractivity contribution is 8.00. The SMILES string of the molecule is CCOC(=O)c1c(-c2ccccc2)csc1NC(=O)C(Sc1cccc(NC(=O)/C(=C\c2cccc(C)c2)NC(=O)c2ccccc2)c1)c1ccccc1. The summed E-state index contributed by atoms with van der Waals surface area (Å²) >= 11 is 2.56. The van der Waals surface area contributed by atoms with Crippen LogP contribution < -0.4 is 16.0 Å². The number of hydrogen-bond donors (Lipinski definition) is 3. The molecule has 6 rings (SSSR count). The van der Waals surface area contributed by atoms with Crippen LogP contribution in [0.5, 0.6) is 0 Å². The second kappa shape index (κ2) is 18.0. The monoisotopic (exact) mass is 751 g/mol. The third-order valence-corrected chi connectivity index (χ3v) is 10.3. The molecule has 3 N–H and O–H groups in total. The summed E-state index contributed by atoms with van der Waals surface area (Å²) in [6.07, 6.45) is 1.63. The Hall–Kier alpha value is -6.23. The first-order valence-corrected chi connectivity index (χ1v) is 19.0. The highest BCUT2D eigenvalue weighted by Crippen LogP contribution is 2.40. The van der Waals surface area contributed by atoms with E-state index in [0.29, 0.717) is 32.3 Å². The van der Waals surface area contributed by atoms with Gasteiger partial charge in [-0.25, -0.2) is 4.79 Å². The molecule has 3 amide bonds. The number of hydrogen-bond acceptors (Lipinski definition) is 7. The summed E-state index contributed by atoms with van der Waals surface area (Å²) in [4.78, 5) is 55.0. The van der Waals surface area contributed by atoms with Crippen molar-refractivity contribution in [3.63, 3.8) is 0 Å². The summed E-state index contributed by atoms with van der Waals surface area (Å²) < 4.78 is 5.40. The van der Waals surface area contributed by atoms with Crippen LogP contribution in [0.1, 0.15) is 49.6 Å². The molecule has 1 unspecified atom stereocenters. The minimum atomic E-state index is -0.726. The van der Waals surface area contributed by atoms with Gasteiger partial charge >= 0.3 is 5.97 Å². The van der Waals surface area contributed by atoms with Crippen molar-refractivity contribution in [3.8, 4) is 11.1 Å². The van der Waals surface area contributed by atoms with Gasteiger partial charge in [-0.1, -0.05) is 115 Å². The van der Waals surface area contributed by atoms with Gasteiger partial charge in [0.1, 0.15) is 21.5 Å². The maximum atomic E-state index is 14.2. The Morgan fingerprint density at radius 3 is 2.17 bits per heavy atom. The molecule has 0 saturated carbocycles. The van der Waals surface area contributed by atoms with Crippen LogP contribution in [-0.2, 0) is 14.3 Å². The zero-order valence-corrected chi connectivity index (χ0v) is 31.2. The molecule has 0 aliphatic carbocycles. The maximum Gasteiger partial charge on any atom is 0.341 e. The minimum absolute atomic E-state index is 0.0669. The summed E-state index contributed by atoms with van der Waals surface area (Å²) in [6.45, 7) is 3.88. The van der Waals surface area contributed by atoms with Gasteiger partial charge in [0.05, 0.1) is 6.61 Å². The average molecular weight is 752 g/mol. The van der Waals surface area contributed by atoms with Gasteiger partial charge in [0.15, 0.2) is 0 Å². The lowest BCUT2D eigenvalue weighted by molar-refractivity contribution is -0.116. The maximum absolute atomic E-state index is 14.2. The second-order valence-electron chi connectivity index (χ2n) is 12.1. The van der Waals surface area contributed by atoms with Gasteiger partial charge in [0.25, 0.3) is 11.8 Å². The van der Waals surface area contributed by atoms with Crippen molar-refractivity contribution >= 4 is 63.6 Å². The fourth-order valence-electron chi connectivity index (χ4n) is 5.61. The molecule has 6 aromatic rings. The van der Waals surface area contributed by atoms with Crippen molar-refractivity contribution in [3.05, 3.63) is 178 Å². The third-order valence-electron chi connectivity index (χ3n) is 8.16. The van der Waals surface area contributed by atoms with E-state index in [2.05, 4.69) is 16.0 Å². The van der Waals surface area contributed by atoms with Gasteiger partial charge < -0.3 is 20.7 Å². The molecule has 1 heterocycles. The predicted molar refractivity (Wildman–Crippen MR) is 218 cm³/mol. The number of thioether (sulfide) groups is 1. The van der Waals surface area contributed by atoms with Gasteiger partial charge in [-0.2, -0.15) is 0 Å². The molecule has 0 fully saturated rings. The summed E-state index contributed by atoms with van der Waals surface area (Å²) in [6, 6.07) is 42.3. The van der Waals surface area contributed by atoms with Crippen molar-refractivity contribution in [1.82, 2.24) is 5.32 Å². The van der Waals surface area contributed by atoms with Crippen LogP contribution in [0.2, 0.25) is 0 Å². The van der Waals surface area contributed by atoms with Crippen LogP contribution in [0, 0.1) is 6.92 Å². The molecule has 10 heteroatoms. The van der Waals surface area contributed by atoms with Crippen LogP contribution in [0.4, 0.5) is 10.7 Å². The number of thiophene rings is 1. The van der Waals surface area contributed by atoms with Crippen LogP contribution in [0.25, 0.3) is 17.2 Å². The molecule has 270 valence electrons. The Labute approximate surface area is 322 Å². The Morgan fingerprint density at radius 1 is 0.778 bits per heavy atom. The Kier molecular flexibility index (Phi) is 12.5. The van der Waals surface area contributed by atoms with E-state index in [-0.39, 0.29) is 18.2 Å². The van der Waals surface area contributed by atoms with E-state index < -0.39 is 23.0 Å². The topological polar surface area (TPSA) is 114 Å². The number of anilines is 2. The van der Waals surface area contributed by atoms with Crippen molar-refractivity contribution in [2.24, 2.45) is 0 Å². The predicted octanol–water partition coefficient (Wildman–Crippen LogP) is 9.78. The smallest absolute Gasteiger partial charge is 0.341 e. The molecule has 0 saturated heterocycles. The van der Waals surface area contributed by atoms with Crippen LogP contribution >= 0.6 is 23.1 Å². The number of ether oxygens (including phenoxy) is 1. The molecular formula is C44H37N3O5S2. The first-order chi connectivity index (χ1) is 26.3. The molecule has 1 atom stereocenters. The zero-order chi connectivity index (χ0) is 37.9. The zero-order valence-electron chi connectivity index (χ0n) is 29.6. The van der Waals surface area contributed by atoms with Gasteiger partial charge in [0.2, 0.25) is 5.91 Å². The molecule has 0 spiro atoms. The Bertz CT molecular complexity index is 2290. The number of esters is 1. The Morgan fingerprint density at radius 2 is 1.46 bits per heavy atom. The van der Waals surface area contributed by atoms with E-state index in [1.165, 1.54) is 23.1 Å². The number of rotatable bonds is 13. The lowest BCUT2D eigenvalue weighted by Gasteiger charge is -2.18. The van der Waals surface area contributed by atoms with E-state index in [1.807, 2.05) is 109 Å². The van der Waals surface area contributed by atoms with E-state index in [4.69, 9.17) is 4.74 Å². The molecule has 1 aromatic heterocycles. The van der Waals surface area contributed by atoms with Crippen molar-refractivity contribution < 1.29 is 23.9 Å². The molecule has 0 aliphatic rings.